The lowest BCUT2D eigenvalue weighted by atomic mass is 9.96. The molecule has 0 radical (unpaired) electrons. The molecule has 0 unspecified atom stereocenters. The summed E-state index contributed by atoms with van der Waals surface area (Å²) in [5.74, 6) is -14.9. The number of nitrogens with zero attached hydrogens (tertiary/aromatic N) is 3. The van der Waals surface area contributed by atoms with Crippen molar-refractivity contribution in [3.8, 4) is 5.75 Å². The average molecular weight is 628 g/mol. The summed E-state index contributed by atoms with van der Waals surface area (Å²) in [6, 6.07) is 0. The van der Waals surface area contributed by atoms with Gasteiger partial charge in [0.15, 0.2) is 6.29 Å². The first-order valence-corrected chi connectivity index (χ1v) is 13.1. The molecule has 1 aliphatic heterocycles. The molecule has 1 fully saturated rings. The number of ether oxygens (including phenoxy) is 5. The molecule has 43 heavy (non-hydrogen) atoms. The van der Waals surface area contributed by atoms with Gasteiger partial charge in [-0.1, -0.05) is 5.21 Å². The van der Waals surface area contributed by atoms with Crippen molar-refractivity contribution in [3.63, 3.8) is 0 Å². The maximum Gasteiger partial charge on any atom is 0.313 e. The zero-order chi connectivity index (χ0) is 31.7. The predicted octanol–water partition coefficient (Wildman–Crippen LogP) is 0.696. The van der Waals surface area contributed by atoms with Gasteiger partial charge < -0.3 is 39.0 Å². The van der Waals surface area contributed by atoms with E-state index in [4.69, 9.17) is 18.9 Å². The lowest BCUT2D eigenvalue weighted by molar-refractivity contribution is -0.297. The highest BCUT2D eigenvalue weighted by Gasteiger charge is 2.44. The number of aliphatic hydroxyl groups excluding tert-OH is 3. The fourth-order valence-corrected chi connectivity index (χ4v) is 3.88. The number of benzene rings is 1. The Morgan fingerprint density at radius 2 is 1.58 bits per heavy atom. The van der Waals surface area contributed by atoms with Crippen molar-refractivity contribution in [2.24, 2.45) is 0 Å². The standard InChI is InChI=1S/C25H30F5N3O10/c1-2-40-14(34)4-3-13-21(36)22(37)23(38)25(42-13)41-9-5-12-11-33(32-31-12)7-10-39-8-6-15(35)43-24-19(29)17(27)16(26)18(28)20(24)30/h11,13,21-23,25,36-38H,2-10H2,1H3/t13-,21-,22+,23+,25+/m1/s1. The number of hydrogen-bond donors (Lipinski definition) is 3. The van der Waals surface area contributed by atoms with E-state index in [9.17, 15) is 46.9 Å². The summed E-state index contributed by atoms with van der Waals surface area (Å²) in [6.07, 6.45) is -5.64. The minimum Gasteiger partial charge on any atom is -0.466 e. The second-order valence-electron chi connectivity index (χ2n) is 9.19. The van der Waals surface area contributed by atoms with Gasteiger partial charge in [0.1, 0.15) is 18.3 Å². The number of hydrogen-bond acceptors (Lipinski definition) is 12. The number of aliphatic hydroxyl groups is 3. The Morgan fingerprint density at radius 3 is 2.26 bits per heavy atom. The SMILES string of the molecule is CCOC(=O)CC[C@H]1O[C@H](OCCc2cn(CCOCCC(=O)Oc3c(F)c(F)c(F)c(F)c3F)nn2)[C@@H](O)[C@@H](O)[C@@H]1O. The van der Waals surface area contributed by atoms with Gasteiger partial charge in [-0.2, -0.15) is 8.78 Å². The molecule has 13 nitrogen and oxygen atoms in total. The number of carbonyl (C=O) groups excluding carboxylic acids is 2. The third kappa shape index (κ3) is 9.10. The number of esters is 2. The first-order chi connectivity index (χ1) is 20.4. The molecule has 0 bridgehead atoms. The second-order valence-corrected chi connectivity index (χ2v) is 9.19. The molecule has 1 aromatic heterocycles. The fraction of sp³-hybridized carbons (Fsp3) is 0.600. The van der Waals surface area contributed by atoms with Crippen molar-refractivity contribution in [1.82, 2.24) is 15.0 Å². The maximum atomic E-state index is 13.6. The maximum absolute atomic E-state index is 13.6. The van der Waals surface area contributed by atoms with Gasteiger partial charge in [0.25, 0.3) is 0 Å². The van der Waals surface area contributed by atoms with Crippen molar-refractivity contribution in [2.45, 2.75) is 69.9 Å². The molecule has 1 aromatic carbocycles. The van der Waals surface area contributed by atoms with Gasteiger partial charge in [0.2, 0.25) is 34.8 Å². The van der Waals surface area contributed by atoms with Crippen LogP contribution in [0.2, 0.25) is 0 Å². The summed E-state index contributed by atoms with van der Waals surface area (Å²) in [5.41, 5.74) is 0.469. The molecule has 5 atom stereocenters. The molecule has 0 spiro atoms. The first kappa shape index (κ1) is 34.2. The van der Waals surface area contributed by atoms with Gasteiger partial charge in [-0.15, -0.1) is 5.10 Å². The van der Waals surface area contributed by atoms with E-state index in [0.29, 0.717) is 5.69 Å². The molecule has 2 heterocycles. The van der Waals surface area contributed by atoms with Crippen LogP contribution in [0.15, 0.2) is 6.20 Å². The molecule has 1 saturated heterocycles. The monoisotopic (exact) mass is 627 g/mol. The minimum absolute atomic E-state index is 0.00458. The van der Waals surface area contributed by atoms with Crippen molar-refractivity contribution in [2.75, 3.05) is 26.4 Å². The Hall–Kier alpha value is -3.29. The van der Waals surface area contributed by atoms with Gasteiger partial charge in [-0.05, 0) is 13.3 Å². The molecule has 0 saturated carbocycles. The number of rotatable bonds is 15. The number of aromatic nitrogens is 3. The minimum atomic E-state index is -2.38. The second kappa shape index (κ2) is 16.0. The molecule has 0 amide bonds. The Balaban J connectivity index is 1.36. The Labute approximate surface area is 241 Å². The van der Waals surface area contributed by atoms with Gasteiger partial charge >= 0.3 is 11.9 Å². The average Bonchev–Trinajstić information content (AvgIpc) is 3.44. The van der Waals surface area contributed by atoms with Crippen LogP contribution in [-0.2, 0) is 41.5 Å². The van der Waals surface area contributed by atoms with Crippen LogP contribution in [0.5, 0.6) is 5.75 Å². The molecule has 240 valence electrons. The molecule has 0 aliphatic carbocycles. The molecular formula is C25H30F5N3O10. The zero-order valence-corrected chi connectivity index (χ0v) is 22.8. The van der Waals surface area contributed by atoms with Crippen molar-refractivity contribution < 1.29 is 70.5 Å². The van der Waals surface area contributed by atoms with E-state index < -0.39 is 83.9 Å². The molecule has 2 aromatic rings. The third-order valence-electron chi connectivity index (χ3n) is 6.13. The summed E-state index contributed by atoms with van der Waals surface area (Å²) in [7, 11) is 0. The van der Waals surface area contributed by atoms with E-state index in [1.165, 1.54) is 4.68 Å². The van der Waals surface area contributed by atoms with Gasteiger partial charge in [-0.25, -0.2) is 17.9 Å². The quantitative estimate of drug-likeness (QED) is 0.0632. The highest BCUT2D eigenvalue weighted by Crippen LogP contribution is 2.29. The normalized spacial score (nSPS) is 22.0. The van der Waals surface area contributed by atoms with Crippen LogP contribution in [0.25, 0.3) is 0 Å². The summed E-state index contributed by atoms with van der Waals surface area (Å²) in [4.78, 5) is 23.3. The Kier molecular flexibility index (Phi) is 12.7. The topological polar surface area (TPSA) is 172 Å². The van der Waals surface area contributed by atoms with Crippen molar-refractivity contribution in [1.29, 1.82) is 0 Å². The summed E-state index contributed by atoms with van der Waals surface area (Å²) < 4.78 is 93.4. The fourth-order valence-electron chi connectivity index (χ4n) is 3.88. The molecule has 3 N–H and O–H groups in total. The van der Waals surface area contributed by atoms with Crippen LogP contribution >= 0.6 is 0 Å². The van der Waals surface area contributed by atoms with Crippen molar-refractivity contribution >= 4 is 11.9 Å². The van der Waals surface area contributed by atoms with E-state index in [1.807, 2.05) is 0 Å². The van der Waals surface area contributed by atoms with E-state index in [2.05, 4.69) is 15.0 Å². The van der Waals surface area contributed by atoms with Crippen molar-refractivity contribution in [3.05, 3.63) is 41.0 Å². The van der Waals surface area contributed by atoms with E-state index in [1.54, 1.807) is 13.1 Å². The van der Waals surface area contributed by atoms with Crippen LogP contribution in [0.1, 0.15) is 31.9 Å². The van der Waals surface area contributed by atoms with Gasteiger partial charge in [-0.3, -0.25) is 9.59 Å². The van der Waals surface area contributed by atoms with Crippen LogP contribution in [0, 0.1) is 29.1 Å². The van der Waals surface area contributed by atoms with Gasteiger partial charge in [0.05, 0.1) is 51.2 Å². The highest BCUT2D eigenvalue weighted by atomic mass is 19.2. The number of halogens is 5. The first-order valence-electron chi connectivity index (χ1n) is 13.1. The summed E-state index contributed by atoms with van der Waals surface area (Å²) >= 11 is 0. The molecular weight excluding hydrogens is 597 g/mol. The van der Waals surface area contributed by atoms with Crippen LogP contribution in [0.4, 0.5) is 22.0 Å². The zero-order valence-electron chi connectivity index (χ0n) is 22.8. The lowest BCUT2D eigenvalue weighted by Gasteiger charge is -2.40. The smallest absolute Gasteiger partial charge is 0.313 e. The Bertz CT molecular complexity index is 1220. The van der Waals surface area contributed by atoms with Crippen LogP contribution < -0.4 is 4.74 Å². The highest BCUT2D eigenvalue weighted by molar-refractivity contribution is 5.72. The lowest BCUT2D eigenvalue weighted by Crippen LogP contribution is -2.58. The van der Waals surface area contributed by atoms with Gasteiger partial charge in [0, 0.05) is 19.0 Å². The molecule has 3 rings (SSSR count). The summed E-state index contributed by atoms with van der Waals surface area (Å²) in [6.45, 7) is 1.69. The van der Waals surface area contributed by atoms with E-state index >= 15 is 0 Å². The molecule has 1 aliphatic rings. The van der Waals surface area contributed by atoms with Crippen LogP contribution in [-0.4, -0.2) is 99.4 Å². The molecule has 18 heteroatoms. The largest absolute Gasteiger partial charge is 0.466 e. The van der Waals surface area contributed by atoms with E-state index in [0.717, 1.165) is 0 Å². The Morgan fingerprint density at radius 1 is 0.907 bits per heavy atom. The summed E-state index contributed by atoms with van der Waals surface area (Å²) in [5, 5.41) is 38.3. The third-order valence-corrected chi connectivity index (χ3v) is 6.13. The van der Waals surface area contributed by atoms with E-state index in [-0.39, 0.29) is 52.2 Å². The van der Waals surface area contributed by atoms with Crippen LogP contribution in [0.3, 0.4) is 0 Å². The number of carbonyl (C=O) groups is 2. The predicted molar refractivity (Wildman–Crippen MR) is 130 cm³/mol.